The molecule has 2 aromatic rings. The Morgan fingerprint density at radius 1 is 1.23 bits per heavy atom. The zero-order chi connectivity index (χ0) is 25.1. The van der Waals surface area contributed by atoms with Crippen molar-refractivity contribution in [2.45, 2.75) is 19.6 Å². The molecule has 3 amide bonds. The van der Waals surface area contributed by atoms with Gasteiger partial charge in [-0.3, -0.25) is 29.5 Å². The highest BCUT2D eigenvalue weighted by Crippen LogP contribution is 2.27. The summed E-state index contributed by atoms with van der Waals surface area (Å²) in [5, 5.41) is 13.5. The van der Waals surface area contributed by atoms with Gasteiger partial charge in [-0.25, -0.2) is 9.18 Å². The fraction of sp³-hybridized carbons (Fsp3) is 0.409. The van der Waals surface area contributed by atoms with E-state index >= 15 is 0 Å². The number of rotatable bonds is 7. The third-order valence-electron chi connectivity index (χ3n) is 5.81. The van der Waals surface area contributed by atoms with Crippen LogP contribution in [0.1, 0.15) is 22.2 Å². The van der Waals surface area contributed by atoms with E-state index in [-0.39, 0.29) is 35.2 Å². The lowest BCUT2D eigenvalue weighted by atomic mass is 10.1. The Morgan fingerprint density at radius 3 is 2.60 bits per heavy atom. The minimum absolute atomic E-state index is 0.0848. The minimum atomic E-state index is -0.737. The molecule has 2 aliphatic heterocycles. The number of amides is 3. The smallest absolute Gasteiger partial charge is 0.414 e. The number of nitrogens with zero attached hydrogens (tertiary/aromatic N) is 4. The maximum absolute atomic E-state index is 14.9. The Balaban J connectivity index is 1.33. The molecule has 4 rings (SSSR count). The van der Waals surface area contributed by atoms with E-state index < -0.39 is 28.8 Å². The number of carbonyl (C=O) groups excluding carboxylic acids is 3. The molecule has 0 radical (unpaired) electrons. The van der Waals surface area contributed by atoms with Crippen LogP contribution in [0, 0.1) is 15.9 Å². The molecule has 3 heterocycles. The van der Waals surface area contributed by atoms with Gasteiger partial charge in [-0.15, -0.1) is 0 Å². The fourth-order valence-electron chi connectivity index (χ4n) is 3.99. The largest absolute Gasteiger partial charge is 0.442 e. The highest BCUT2D eigenvalue weighted by molar-refractivity contribution is 7.15. The molecule has 2 fully saturated rings. The first-order valence-corrected chi connectivity index (χ1v) is 11.8. The van der Waals surface area contributed by atoms with E-state index in [4.69, 9.17) is 4.74 Å². The lowest BCUT2D eigenvalue weighted by Crippen LogP contribution is -2.48. The van der Waals surface area contributed by atoms with E-state index in [0.29, 0.717) is 32.7 Å². The first kappa shape index (κ1) is 24.5. The molecule has 186 valence electrons. The average Bonchev–Trinajstić information content (AvgIpc) is 3.44. The molecule has 35 heavy (non-hydrogen) atoms. The number of hydrogen-bond acceptors (Lipinski definition) is 8. The first-order valence-electron chi connectivity index (χ1n) is 11.0. The standard InChI is InChI=1S/C22H24FN5O6S/c1-14(29)24-11-16-12-27(22(31)34-16)15-2-4-18(19(23)10-15)21(30)26-8-6-25(7-9-26)13-17-3-5-20(35-17)28(32)33/h2-5,10,16H,6-9,11-13H2,1H3,(H,24,29)/t16-/m0/s1. The molecule has 1 atom stereocenters. The van der Waals surface area contributed by atoms with Crippen LogP contribution in [-0.2, 0) is 16.1 Å². The molecule has 1 N–H and O–H groups in total. The van der Waals surface area contributed by atoms with Gasteiger partial charge in [0.2, 0.25) is 5.91 Å². The van der Waals surface area contributed by atoms with E-state index in [9.17, 15) is 28.9 Å². The summed E-state index contributed by atoms with van der Waals surface area (Å²) in [6.45, 7) is 4.15. The Hall–Kier alpha value is -3.58. The topological polar surface area (TPSA) is 125 Å². The first-order chi connectivity index (χ1) is 16.7. The van der Waals surface area contributed by atoms with Crippen LogP contribution in [0.3, 0.4) is 0 Å². The highest BCUT2D eigenvalue weighted by Gasteiger charge is 2.33. The van der Waals surface area contributed by atoms with Crippen molar-refractivity contribution in [1.29, 1.82) is 0 Å². The van der Waals surface area contributed by atoms with Crippen LogP contribution in [-0.4, -0.2) is 78.0 Å². The Kier molecular flexibility index (Phi) is 7.26. The van der Waals surface area contributed by atoms with E-state index in [1.54, 1.807) is 11.0 Å². The summed E-state index contributed by atoms with van der Waals surface area (Å²) in [6.07, 6.45) is -1.20. The third kappa shape index (κ3) is 5.74. The number of nitro groups is 1. The van der Waals surface area contributed by atoms with Gasteiger partial charge in [-0.1, -0.05) is 11.3 Å². The summed E-state index contributed by atoms with van der Waals surface area (Å²) in [6, 6.07) is 7.21. The highest BCUT2D eigenvalue weighted by atomic mass is 32.1. The van der Waals surface area contributed by atoms with Gasteiger partial charge in [-0.2, -0.15) is 0 Å². The van der Waals surface area contributed by atoms with Gasteiger partial charge in [0, 0.05) is 50.6 Å². The number of piperazine rings is 1. The SMILES string of the molecule is CC(=O)NC[C@H]1CN(c2ccc(C(=O)N3CCN(Cc4ccc([N+](=O)[O-])s4)CC3)c(F)c2)C(=O)O1. The molecule has 0 aliphatic carbocycles. The van der Waals surface area contributed by atoms with Crippen LogP contribution in [0.15, 0.2) is 30.3 Å². The van der Waals surface area contributed by atoms with Crippen molar-refractivity contribution in [2.24, 2.45) is 0 Å². The zero-order valence-electron chi connectivity index (χ0n) is 18.9. The monoisotopic (exact) mass is 505 g/mol. The second kappa shape index (κ2) is 10.4. The normalized spacial score (nSPS) is 18.5. The van der Waals surface area contributed by atoms with Crippen molar-refractivity contribution >= 4 is 39.9 Å². The third-order valence-corrected chi connectivity index (χ3v) is 6.84. The molecular weight excluding hydrogens is 481 g/mol. The number of nitrogens with one attached hydrogen (secondary N) is 1. The van der Waals surface area contributed by atoms with Crippen LogP contribution in [0.5, 0.6) is 0 Å². The van der Waals surface area contributed by atoms with Gasteiger partial charge in [0.25, 0.3) is 5.91 Å². The number of halogens is 1. The Labute approximate surface area is 204 Å². The fourth-order valence-corrected chi connectivity index (χ4v) is 4.85. The minimum Gasteiger partial charge on any atom is -0.442 e. The molecule has 1 aromatic heterocycles. The second-order valence-corrected chi connectivity index (χ2v) is 9.43. The number of ether oxygens (including phenoxy) is 1. The summed E-state index contributed by atoms with van der Waals surface area (Å²) < 4.78 is 20.1. The summed E-state index contributed by atoms with van der Waals surface area (Å²) in [5.41, 5.74) is 0.183. The van der Waals surface area contributed by atoms with Crippen molar-refractivity contribution in [3.05, 3.63) is 56.7 Å². The maximum atomic E-state index is 14.9. The average molecular weight is 506 g/mol. The zero-order valence-corrected chi connectivity index (χ0v) is 19.8. The number of anilines is 1. The quantitative estimate of drug-likeness (QED) is 0.452. The Bertz CT molecular complexity index is 1150. The maximum Gasteiger partial charge on any atom is 0.414 e. The van der Waals surface area contributed by atoms with Crippen LogP contribution >= 0.6 is 11.3 Å². The van der Waals surface area contributed by atoms with Gasteiger partial charge in [0.05, 0.1) is 29.3 Å². The van der Waals surface area contributed by atoms with Crippen LogP contribution in [0.2, 0.25) is 0 Å². The van der Waals surface area contributed by atoms with Crippen molar-refractivity contribution in [3.63, 3.8) is 0 Å². The summed E-state index contributed by atoms with van der Waals surface area (Å²) in [5.74, 6) is -1.42. The number of benzene rings is 1. The van der Waals surface area contributed by atoms with Gasteiger partial charge in [-0.05, 0) is 24.3 Å². The number of thiophene rings is 1. The van der Waals surface area contributed by atoms with Crippen molar-refractivity contribution in [2.75, 3.05) is 44.2 Å². The molecule has 0 saturated carbocycles. The molecule has 0 bridgehead atoms. The molecule has 2 aliphatic rings. The van der Waals surface area contributed by atoms with E-state index in [2.05, 4.69) is 10.2 Å². The molecule has 13 heteroatoms. The van der Waals surface area contributed by atoms with Crippen molar-refractivity contribution in [1.82, 2.24) is 15.1 Å². The molecule has 0 spiro atoms. The molecule has 11 nitrogen and oxygen atoms in total. The molecule has 1 aromatic carbocycles. The van der Waals surface area contributed by atoms with Crippen molar-refractivity contribution < 1.29 is 28.4 Å². The van der Waals surface area contributed by atoms with Gasteiger partial charge >= 0.3 is 11.1 Å². The summed E-state index contributed by atoms with van der Waals surface area (Å²) >= 11 is 1.13. The van der Waals surface area contributed by atoms with Gasteiger partial charge < -0.3 is 15.0 Å². The summed E-state index contributed by atoms with van der Waals surface area (Å²) in [7, 11) is 0. The van der Waals surface area contributed by atoms with Gasteiger partial charge in [0.1, 0.15) is 11.9 Å². The van der Waals surface area contributed by atoms with Crippen LogP contribution < -0.4 is 10.2 Å². The molecule has 2 saturated heterocycles. The second-order valence-electron chi connectivity index (χ2n) is 8.28. The van der Waals surface area contributed by atoms with E-state index in [0.717, 1.165) is 22.3 Å². The van der Waals surface area contributed by atoms with Crippen LogP contribution in [0.25, 0.3) is 0 Å². The predicted octanol–water partition coefficient (Wildman–Crippen LogP) is 2.21. The number of cyclic esters (lactones) is 1. The van der Waals surface area contributed by atoms with E-state index in [1.165, 1.54) is 30.0 Å². The lowest BCUT2D eigenvalue weighted by molar-refractivity contribution is -0.380. The number of carbonyl (C=O) groups is 3. The van der Waals surface area contributed by atoms with E-state index in [1.807, 2.05) is 0 Å². The predicted molar refractivity (Wildman–Crippen MR) is 125 cm³/mol. The van der Waals surface area contributed by atoms with Crippen LogP contribution in [0.4, 0.5) is 19.9 Å². The number of hydrogen-bond donors (Lipinski definition) is 1. The molecule has 0 unspecified atom stereocenters. The molecular formula is C22H24FN5O6S. The summed E-state index contributed by atoms with van der Waals surface area (Å²) in [4.78, 5) is 52.4. The lowest BCUT2D eigenvalue weighted by Gasteiger charge is -2.34. The van der Waals surface area contributed by atoms with Gasteiger partial charge in [0.15, 0.2) is 0 Å². The Morgan fingerprint density at radius 2 is 1.97 bits per heavy atom. The van der Waals surface area contributed by atoms with Crippen molar-refractivity contribution in [3.8, 4) is 0 Å².